The molecule has 1 aliphatic heterocycles. The first kappa shape index (κ1) is 12.5. The van der Waals surface area contributed by atoms with E-state index in [1.807, 2.05) is 31.4 Å². The van der Waals surface area contributed by atoms with Gasteiger partial charge in [-0.15, -0.1) is 0 Å². The Kier molecular flexibility index (Phi) is 2.85. The molecule has 0 radical (unpaired) electrons. The largest absolute Gasteiger partial charge is 0.491 e. The number of carbonyl (C=O) groups is 1. The average Bonchev–Trinajstić information content (AvgIpc) is 3.03. The second-order valence-corrected chi connectivity index (χ2v) is 4.88. The van der Waals surface area contributed by atoms with Crippen LogP contribution in [-0.2, 0) is 7.05 Å². The predicted octanol–water partition coefficient (Wildman–Crippen LogP) is 2.13. The van der Waals surface area contributed by atoms with E-state index in [1.165, 1.54) is 4.90 Å². The number of benzene rings is 1. The molecule has 3 rings (SSSR count). The van der Waals surface area contributed by atoms with Gasteiger partial charge in [-0.05, 0) is 11.6 Å². The van der Waals surface area contributed by atoms with Crippen molar-refractivity contribution in [2.24, 2.45) is 7.05 Å². The van der Waals surface area contributed by atoms with Gasteiger partial charge in [-0.1, -0.05) is 12.1 Å². The Hall–Kier alpha value is -2.50. The van der Waals surface area contributed by atoms with Gasteiger partial charge in [0.25, 0.3) is 0 Å². The molecule has 2 heterocycles. The third kappa shape index (κ3) is 1.99. The minimum absolute atomic E-state index is 0.245. The smallest absolute Gasteiger partial charge is 0.407 e. The van der Waals surface area contributed by atoms with E-state index in [2.05, 4.69) is 5.10 Å². The van der Waals surface area contributed by atoms with E-state index >= 15 is 0 Å². The van der Waals surface area contributed by atoms with Crippen molar-refractivity contribution in [1.82, 2.24) is 14.7 Å². The maximum absolute atomic E-state index is 11.0. The summed E-state index contributed by atoms with van der Waals surface area (Å²) >= 11 is 0. The predicted molar refractivity (Wildman–Crippen MR) is 72.7 cm³/mol. The van der Waals surface area contributed by atoms with E-state index in [-0.39, 0.29) is 6.04 Å². The number of likely N-dealkylation sites (N-methyl/N-ethyl adjacent to an activating group) is 1. The lowest BCUT2D eigenvalue weighted by Crippen LogP contribution is -2.30. The Labute approximate surface area is 116 Å². The van der Waals surface area contributed by atoms with Gasteiger partial charge in [-0.3, -0.25) is 4.68 Å². The lowest BCUT2D eigenvalue weighted by atomic mass is 10.0. The highest BCUT2D eigenvalue weighted by atomic mass is 16.5. The van der Waals surface area contributed by atoms with Crippen molar-refractivity contribution in [3.8, 4) is 16.9 Å². The molecule has 0 aliphatic carbocycles. The second kappa shape index (κ2) is 4.56. The molecule has 2 aromatic rings. The van der Waals surface area contributed by atoms with Crippen LogP contribution in [0.15, 0.2) is 30.6 Å². The molecule has 0 saturated heterocycles. The van der Waals surface area contributed by atoms with E-state index < -0.39 is 6.09 Å². The SMILES string of the molecule is CN(C(=O)O)[C@@H]1COc2cc(-c3cnn(C)c3)ccc21. The fourth-order valence-electron chi connectivity index (χ4n) is 2.40. The highest BCUT2D eigenvalue weighted by Crippen LogP contribution is 2.38. The van der Waals surface area contributed by atoms with Crippen LogP contribution in [0.25, 0.3) is 11.1 Å². The molecule has 0 bridgehead atoms. The lowest BCUT2D eigenvalue weighted by molar-refractivity contribution is 0.129. The van der Waals surface area contributed by atoms with Crippen LogP contribution in [0.5, 0.6) is 5.75 Å². The summed E-state index contributed by atoms with van der Waals surface area (Å²) < 4.78 is 7.36. The lowest BCUT2D eigenvalue weighted by Gasteiger charge is -2.19. The van der Waals surface area contributed by atoms with Gasteiger partial charge in [0.15, 0.2) is 0 Å². The molecule has 1 N–H and O–H groups in total. The minimum atomic E-state index is -0.956. The molecule has 0 unspecified atom stereocenters. The van der Waals surface area contributed by atoms with E-state index in [1.54, 1.807) is 17.9 Å². The van der Waals surface area contributed by atoms with Gasteiger partial charge in [0.05, 0.1) is 12.2 Å². The second-order valence-electron chi connectivity index (χ2n) is 4.88. The third-order valence-corrected chi connectivity index (χ3v) is 3.58. The molecule has 1 amide bonds. The van der Waals surface area contributed by atoms with Gasteiger partial charge in [0.1, 0.15) is 12.4 Å². The van der Waals surface area contributed by atoms with Crippen LogP contribution in [0.1, 0.15) is 11.6 Å². The number of aromatic nitrogens is 2. The molecule has 20 heavy (non-hydrogen) atoms. The number of rotatable bonds is 2. The summed E-state index contributed by atoms with van der Waals surface area (Å²) in [7, 11) is 3.42. The van der Waals surface area contributed by atoms with E-state index in [9.17, 15) is 4.79 Å². The third-order valence-electron chi connectivity index (χ3n) is 3.58. The number of fused-ring (bicyclic) bond motifs is 1. The van der Waals surface area contributed by atoms with Crippen LogP contribution in [0.4, 0.5) is 4.79 Å². The van der Waals surface area contributed by atoms with Crippen LogP contribution in [0.2, 0.25) is 0 Å². The number of hydrogen-bond acceptors (Lipinski definition) is 3. The summed E-state index contributed by atoms with van der Waals surface area (Å²) in [5.41, 5.74) is 2.92. The van der Waals surface area contributed by atoms with Crippen LogP contribution in [-0.4, -0.2) is 39.5 Å². The van der Waals surface area contributed by atoms with E-state index in [0.717, 1.165) is 22.4 Å². The first-order valence-electron chi connectivity index (χ1n) is 6.28. The first-order chi connectivity index (χ1) is 9.56. The van der Waals surface area contributed by atoms with Crippen molar-refractivity contribution in [2.75, 3.05) is 13.7 Å². The van der Waals surface area contributed by atoms with Gasteiger partial charge < -0.3 is 14.7 Å². The van der Waals surface area contributed by atoms with Gasteiger partial charge >= 0.3 is 6.09 Å². The molecular weight excluding hydrogens is 258 g/mol. The van der Waals surface area contributed by atoms with Crippen molar-refractivity contribution in [3.63, 3.8) is 0 Å². The average molecular weight is 273 g/mol. The molecular formula is C14H15N3O3. The van der Waals surface area contributed by atoms with Gasteiger partial charge in [0.2, 0.25) is 0 Å². The number of amides is 1. The van der Waals surface area contributed by atoms with Crippen molar-refractivity contribution < 1.29 is 14.6 Å². The highest BCUT2D eigenvalue weighted by molar-refractivity contribution is 5.68. The Bertz CT molecular complexity index is 665. The molecule has 0 saturated carbocycles. The summed E-state index contributed by atoms with van der Waals surface area (Å²) in [4.78, 5) is 12.3. The van der Waals surface area contributed by atoms with Crippen molar-refractivity contribution in [1.29, 1.82) is 0 Å². The molecule has 0 fully saturated rings. The number of carboxylic acid groups (broad SMARTS) is 1. The monoisotopic (exact) mass is 273 g/mol. The zero-order valence-corrected chi connectivity index (χ0v) is 11.3. The summed E-state index contributed by atoms with van der Waals surface area (Å²) in [6, 6.07) is 5.58. The molecule has 1 aromatic heterocycles. The standard InChI is InChI=1S/C14H15N3O3/c1-16-7-10(6-15-16)9-3-4-11-12(17(2)14(18)19)8-20-13(11)5-9/h3-7,12H,8H2,1-2H3,(H,18,19)/t12-/m1/s1. The Morgan fingerprint density at radius 3 is 2.95 bits per heavy atom. The summed E-state index contributed by atoms with van der Waals surface area (Å²) in [6.45, 7) is 0.356. The quantitative estimate of drug-likeness (QED) is 0.910. The van der Waals surface area contributed by atoms with Gasteiger partial charge in [-0.25, -0.2) is 4.79 Å². The van der Waals surface area contributed by atoms with Gasteiger partial charge in [-0.2, -0.15) is 5.10 Å². The normalized spacial score (nSPS) is 16.6. The molecule has 104 valence electrons. The molecule has 1 aromatic carbocycles. The Morgan fingerprint density at radius 1 is 1.50 bits per heavy atom. The molecule has 1 atom stereocenters. The molecule has 1 aliphatic rings. The zero-order chi connectivity index (χ0) is 14.3. The molecule has 6 nitrogen and oxygen atoms in total. The first-order valence-corrected chi connectivity index (χ1v) is 6.28. The van der Waals surface area contributed by atoms with Crippen molar-refractivity contribution >= 4 is 6.09 Å². The maximum atomic E-state index is 11.0. The van der Waals surface area contributed by atoms with Crippen LogP contribution >= 0.6 is 0 Å². The van der Waals surface area contributed by atoms with Gasteiger partial charge in [0, 0.05) is 31.4 Å². The van der Waals surface area contributed by atoms with Crippen molar-refractivity contribution in [3.05, 3.63) is 36.2 Å². The topological polar surface area (TPSA) is 67.6 Å². The Morgan fingerprint density at radius 2 is 2.30 bits per heavy atom. The number of nitrogens with zero attached hydrogens (tertiary/aromatic N) is 3. The fraction of sp³-hybridized carbons (Fsp3) is 0.286. The summed E-state index contributed by atoms with van der Waals surface area (Å²) in [5, 5.41) is 13.2. The minimum Gasteiger partial charge on any atom is -0.491 e. The summed E-state index contributed by atoms with van der Waals surface area (Å²) in [5.74, 6) is 0.740. The highest BCUT2D eigenvalue weighted by Gasteiger charge is 2.30. The number of aryl methyl sites for hydroxylation is 1. The number of hydrogen-bond donors (Lipinski definition) is 1. The van der Waals surface area contributed by atoms with Crippen LogP contribution in [0, 0.1) is 0 Å². The summed E-state index contributed by atoms with van der Waals surface area (Å²) in [6.07, 6.45) is 2.76. The molecule has 0 spiro atoms. The fourth-order valence-corrected chi connectivity index (χ4v) is 2.40. The zero-order valence-electron chi connectivity index (χ0n) is 11.3. The van der Waals surface area contributed by atoms with Crippen molar-refractivity contribution in [2.45, 2.75) is 6.04 Å². The number of ether oxygens (including phenoxy) is 1. The Balaban J connectivity index is 1.94. The molecule has 6 heteroatoms. The van der Waals surface area contributed by atoms with Crippen LogP contribution < -0.4 is 4.74 Å². The van der Waals surface area contributed by atoms with E-state index in [4.69, 9.17) is 9.84 Å². The van der Waals surface area contributed by atoms with E-state index in [0.29, 0.717) is 6.61 Å². The maximum Gasteiger partial charge on any atom is 0.407 e. The van der Waals surface area contributed by atoms with Crippen LogP contribution in [0.3, 0.4) is 0 Å².